The molecular formula is C15H23ClN2O. The first-order valence-corrected chi connectivity index (χ1v) is 7.19. The van der Waals surface area contributed by atoms with Crippen molar-refractivity contribution >= 4 is 17.5 Å². The number of halogens is 1. The highest BCUT2D eigenvalue weighted by Gasteiger charge is 2.18. The van der Waals surface area contributed by atoms with Crippen LogP contribution in [0.3, 0.4) is 0 Å². The third-order valence-electron chi connectivity index (χ3n) is 3.22. The third-order valence-corrected chi connectivity index (χ3v) is 3.45. The van der Waals surface area contributed by atoms with Crippen molar-refractivity contribution in [2.45, 2.75) is 33.2 Å². The van der Waals surface area contributed by atoms with Gasteiger partial charge in [0, 0.05) is 24.0 Å². The van der Waals surface area contributed by atoms with E-state index >= 15 is 0 Å². The summed E-state index contributed by atoms with van der Waals surface area (Å²) in [5.74, 6) is 0.221. The van der Waals surface area contributed by atoms with Crippen LogP contribution in [0.5, 0.6) is 0 Å². The van der Waals surface area contributed by atoms with Crippen molar-refractivity contribution in [1.29, 1.82) is 0 Å². The van der Waals surface area contributed by atoms with Gasteiger partial charge >= 0.3 is 0 Å². The van der Waals surface area contributed by atoms with Crippen molar-refractivity contribution in [2.24, 2.45) is 11.7 Å². The Morgan fingerprint density at radius 2 is 2.21 bits per heavy atom. The monoisotopic (exact) mass is 282 g/mol. The topological polar surface area (TPSA) is 46.3 Å². The van der Waals surface area contributed by atoms with Crippen molar-refractivity contribution in [1.82, 2.24) is 4.90 Å². The maximum atomic E-state index is 12.3. The quantitative estimate of drug-likeness (QED) is 0.835. The van der Waals surface area contributed by atoms with Gasteiger partial charge in [-0.1, -0.05) is 30.7 Å². The summed E-state index contributed by atoms with van der Waals surface area (Å²) < 4.78 is 0. The molecule has 1 amide bonds. The number of hydrogen-bond acceptors (Lipinski definition) is 2. The van der Waals surface area contributed by atoms with Crippen LogP contribution in [0.15, 0.2) is 24.3 Å². The molecule has 1 aromatic rings. The standard InChI is InChI=1S/C15H23ClN2O/c1-3-18(15(19)12(2)6-5-9-17)11-13-7-4-8-14(16)10-13/h4,7-8,10,12H,3,5-6,9,11,17H2,1-2H3. The maximum absolute atomic E-state index is 12.3. The second-order valence-electron chi connectivity index (χ2n) is 4.81. The van der Waals surface area contributed by atoms with Crippen LogP contribution in [-0.4, -0.2) is 23.9 Å². The van der Waals surface area contributed by atoms with E-state index in [0.29, 0.717) is 24.7 Å². The molecule has 0 aliphatic rings. The summed E-state index contributed by atoms with van der Waals surface area (Å²) in [4.78, 5) is 14.2. The number of nitrogens with two attached hydrogens (primary N) is 1. The molecule has 1 unspecified atom stereocenters. The molecular weight excluding hydrogens is 260 g/mol. The molecule has 0 aliphatic heterocycles. The minimum absolute atomic E-state index is 0.0303. The summed E-state index contributed by atoms with van der Waals surface area (Å²) in [6, 6.07) is 7.65. The molecule has 0 spiro atoms. The van der Waals surface area contributed by atoms with E-state index in [0.717, 1.165) is 18.4 Å². The zero-order valence-corrected chi connectivity index (χ0v) is 12.5. The van der Waals surface area contributed by atoms with Gasteiger partial charge in [-0.05, 0) is 44.0 Å². The Kier molecular flexibility index (Phi) is 6.89. The fraction of sp³-hybridized carbons (Fsp3) is 0.533. The smallest absolute Gasteiger partial charge is 0.225 e. The van der Waals surface area contributed by atoms with Crippen LogP contribution in [0.4, 0.5) is 0 Å². The Bertz CT molecular complexity index is 409. The first-order valence-electron chi connectivity index (χ1n) is 6.81. The maximum Gasteiger partial charge on any atom is 0.225 e. The second kappa shape index (κ2) is 8.18. The Labute approximate surface area is 120 Å². The number of carbonyl (C=O) groups excluding carboxylic acids is 1. The van der Waals surface area contributed by atoms with E-state index in [1.807, 2.05) is 43.0 Å². The molecule has 2 N–H and O–H groups in total. The van der Waals surface area contributed by atoms with Crippen molar-refractivity contribution in [3.63, 3.8) is 0 Å². The molecule has 3 nitrogen and oxygen atoms in total. The molecule has 106 valence electrons. The minimum Gasteiger partial charge on any atom is -0.338 e. The van der Waals surface area contributed by atoms with Crippen molar-refractivity contribution in [3.8, 4) is 0 Å². The van der Waals surface area contributed by atoms with Crippen LogP contribution in [0.1, 0.15) is 32.3 Å². The highest BCUT2D eigenvalue weighted by molar-refractivity contribution is 6.30. The summed E-state index contributed by atoms with van der Waals surface area (Å²) in [5.41, 5.74) is 6.55. The Morgan fingerprint density at radius 1 is 1.47 bits per heavy atom. The van der Waals surface area contributed by atoms with E-state index in [9.17, 15) is 4.79 Å². The molecule has 0 fully saturated rings. The van der Waals surface area contributed by atoms with Gasteiger partial charge in [-0.3, -0.25) is 4.79 Å². The highest BCUT2D eigenvalue weighted by atomic mass is 35.5. The van der Waals surface area contributed by atoms with E-state index in [1.54, 1.807) is 0 Å². The lowest BCUT2D eigenvalue weighted by atomic mass is 10.0. The van der Waals surface area contributed by atoms with E-state index in [4.69, 9.17) is 17.3 Å². The lowest BCUT2D eigenvalue weighted by molar-refractivity contribution is -0.135. The molecule has 1 aromatic carbocycles. The van der Waals surface area contributed by atoms with E-state index in [-0.39, 0.29) is 11.8 Å². The zero-order valence-electron chi connectivity index (χ0n) is 11.7. The highest BCUT2D eigenvalue weighted by Crippen LogP contribution is 2.15. The molecule has 0 aliphatic carbocycles. The summed E-state index contributed by atoms with van der Waals surface area (Å²) in [6.07, 6.45) is 1.74. The average Bonchev–Trinajstić information content (AvgIpc) is 2.41. The van der Waals surface area contributed by atoms with Crippen LogP contribution in [0.25, 0.3) is 0 Å². The van der Waals surface area contributed by atoms with Gasteiger partial charge in [-0.15, -0.1) is 0 Å². The summed E-state index contributed by atoms with van der Waals surface area (Å²) in [7, 11) is 0. The van der Waals surface area contributed by atoms with Crippen LogP contribution >= 0.6 is 11.6 Å². The first kappa shape index (κ1) is 16.0. The lowest BCUT2D eigenvalue weighted by Crippen LogP contribution is -2.34. The molecule has 1 rings (SSSR count). The number of hydrogen-bond donors (Lipinski definition) is 1. The molecule has 0 bridgehead atoms. The van der Waals surface area contributed by atoms with Crippen molar-refractivity contribution < 1.29 is 4.79 Å². The predicted octanol–water partition coefficient (Wildman–Crippen LogP) is 3.06. The molecule has 0 saturated heterocycles. The van der Waals surface area contributed by atoms with Crippen molar-refractivity contribution in [3.05, 3.63) is 34.9 Å². The Morgan fingerprint density at radius 3 is 2.79 bits per heavy atom. The third kappa shape index (κ3) is 5.21. The van der Waals surface area contributed by atoms with Gasteiger partial charge < -0.3 is 10.6 Å². The average molecular weight is 283 g/mol. The van der Waals surface area contributed by atoms with Crippen molar-refractivity contribution in [2.75, 3.05) is 13.1 Å². The van der Waals surface area contributed by atoms with E-state index in [1.165, 1.54) is 0 Å². The molecule has 0 radical (unpaired) electrons. The van der Waals surface area contributed by atoms with Crippen LogP contribution < -0.4 is 5.73 Å². The molecule has 19 heavy (non-hydrogen) atoms. The van der Waals surface area contributed by atoms with Crippen LogP contribution in [0, 0.1) is 5.92 Å². The fourth-order valence-electron chi connectivity index (χ4n) is 2.06. The summed E-state index contributed by atoms with van der Waals surface area (Å²) >= 11 is 5.96. The molecule has 0 aromatic heterocycles. The fourth-order valence-corrected chi connectivity index (χ4v) is 2.27. The Hall–Kier alpha value is -1.06. The van der Waals surface area contributed by atoms with Crippen LogP contribution in [0.2, 0.25) is 5.02 Å². The van der Waals surface area contributed by atoms with Gasteiger partial charge in [-0.2, -0.15) is 0 Å². The molecule has 0 heterocycles. The molecule has 0 saturated carbocycles. The van der Waals surface area contributed by atoms with Gasteiger partial charge in [0.25, 0.3) is 0 Å². The SMILES string of the molecule is CCN(Cc1cccc(Cl)c1)C(=O)C(C)CCCN. The van der Waals surface area contributed by atoms with Gasteiger partial charge in [0.15, 0.2) is 0 Å². The number of benzene rings is 1. The zero-order chi connectivity index (χ0) is 14.3. The normalized spacial score (nSPS) is 12.2. The Balaban J connectivity index is 2.64. The summed E-state index contributed by atoms with van der Waals surface area (Å²) in [6.45, 7) is 5.93. The number of nitrogens with zero attached hydrogens (tertiary/aromatic N) is 1. The number of rotatable bonds is 7. The van der Waals surface area contributed by atoms with Gasteiger partial charge in [0.1, 0.15) is 0 Å². The van der Waals surface area contributed by atoms with E-state index in [2.05, 4.69) is 0 Å². The molecule has 1 atom stereocenters. The number of amides is 1. The number of carbonyl (C=O) groups is 1. The van der Waals surface area contributed by atoms with Gasteiger partial charge in [-0.25, -0.2) is 0 Å². The van der Waals surface area contributed by atoms with Crippen LogP contribution in [-0.2, 0) is 11.3 Å². The van der Waals surface area contributed by atoms with E-state index < -0.39 is 0 Å². The predicted molar refractivity (Wildman–Crippen MR) is 80.0 cm³/mol. The second-order valence-corrected chi connectivity index (χ2v) is 5.25. The first-order chi connectivity index (χ1) is 9.08. The largest absolute Gasteiger partial charge is 0.338 e. The van der Waals surface area contributed by atoms with Gasteiger partial charge in [0.2, 0.25) is 5.91 Å². The minimum atomic E-state index is 0.0303. The van der Waals surface area contributed by atoms with Gasteiger partial charge in [0.05, 0.1) is 0 Å². The lowest BCUT2D eigenvalue weighted by Gasteiger charge is -2.24. The molecule has 4 heteroatoms. The summed E-state index contributed by atoms with van der Waals surface area (Å²) in [5, 5.41) is 0.706.